The van der Waals surface area contributed by atoms with E-state index in [9.17, 15) is 0 Å². The molecular formula is C13H22N2O. The first-order chi connectivity index (χ1) is 7.51. The highest BCUT2D eigenvalue weighted by molar-refractivity contribution is 5.33. The summed E-state index contributed by atoms with van der Waals surface area (Å²) in [6.45, 7) is 5.76. The van der Waals surface area contributed by atoms with Crippen molar-refractivity contribution in [2.75, 3.05) is 20.7 Å². The molecule has 3 heteroatoms. The Kier molecular flexibility index (Phi) is 4.33. The molecule has 0 aromatic heterocycles. The predicted octanol–water partition coefficient (Wildman–Crippen LogP) is 1.86. The molecule has 0 saturated heterocycles. The standard InChI is InChI=1S/C13H22N2O/c1-13(2,10-14)15(3)9-11-7-5-6-8-12(11)16-4/h5-8H,9-10,14H2,1-4H3. The molecule has 0 saturated carbocycles. The van der Waals surface area contributed by atoms with Crippen LogP contribution in [-0.2, 0) is 6.54 Å². The Balaban J connectivity index is 2.80. The predicted molar refractivity (Wildman–Crippen MR) is 67.6 cm³/mol. The second-order valence-corrected chi connectivity index (χ2v) is 4.68. The Hall–Kier alpha value is -1.06. The molecule has 1 aromatic carbocycles. The molecule has 0 aliphatic rings. The number of nitrogens with two attached hydrogens (primary N) is 1. The van der Waals surface area contributed by atoms with Crippen LogP contribution in [0.5, 0.6) is 5.75 Å². The summed E-state index contributed by atoms with van der Waals surface area (Å²) in [6, 6.07) is 8.08. The van der Waals surface area contributed by atoms with Gasteiger partial charge < -0.3 is 10.5 Å². The van der Waals surface area contributed by atoms with E-state index < -0.39 is 0 Å². The van der Waals surface area contributed by atoms with Crippen LogP contribution >= 0.6 is 0 Å². The number of benzene rings is 1. The summed E-state index contributed by atoms with van der Waals surface area (Å²) in [7, 11) is 3.78. The third-order valence-corrected chi connectivity index (χ3v) is 3.13. The van der Waals surface area contributed by atoms with Gasteiger partial charge in [0.15, 0.2) is 0 Å². The van der Waals surface area contributed by atoms with Gasteiger partial charge in [-0.05, 0) is 27.0 Å². The van der Waals surface area contributed by atoms with E-state index in [1.54, 1.807) is 7.11 Å². The van der Waals surface area contributed by atoms with Crippen molar-refractivity contribution >= 4 is 0 Å². The van der Waals surface area contributed by atoms with Crippen LogP contribution in [0.3, 0.4) is 0 Å². The van der Waals surface area contributed by atoms with Gasteiger partial charge in [-0.3, -0.25) is 4.90 Å². The first-order valence-electron chi connectivity index (χ1n) is 5.54. The summed E-state index contributed by atoms with van der Waals surface area (Å²) in [5.41, 5.74) is 6.95. The molecule has 90 valence electrons. The molecule has 0 bridgehead atoms. The van der Waals surface area contributed by atoms with Crippen molar-refractivity contribution in [2.24, 2.45) is 5.73 Å². The van der Waals surface area contributed by atoms with Crippen LogP contribution < -0.4 is 10.5 Å². The van der Waals surface area contributed by atoms with E-state index in [0.717, 1.165) is 12.3 Å². The summed E-state index contributed by atoms with van der Waals surface area (Å²) < 4.78 is 5.33. The first-order valence-corrected chi connectivity index (χ1v) is 5.54. The SMILES string of the molecule is COc1ccccc1CN(C)C(C)(C)CN. The number of rotatable bonds is 5. The molecule has 16 heavy (non-hydrogen) atoms. The molecule has 3 nitrogen and oxygen atoms in total. The number of hydrogen-bond acceptors (Lipinski definition) is 3. The number of likely N-dealkylation sites (N-methyl/N-ethyl adjacent to an activating group) is 1. The van der Waals surface area contributed by atoms with Crippen molar-refractivity contribution < 1.29 is 4.74 Å². The summed E-state index contributed by atoms with van der Waals surface area (Å²) >= 11 is 0. The fourth-order valence-corrected chi connectivity index (χ4v) is 1.46. The molecular weight excluding hydrogens is 200 g/mol. The Morgan fingerprint density at radius 1 is 1.31 bits per heavy atom. The zero-order chi connectivity index (χ0) is 12.2. The minimum absolute atomic E-state index is 0.000846. The quantitative estimate of drug-likeness (QED) is 0.826. The lowest BCUT2D eigenvalue weighted by atomic mass is 10.0. The zero-order valence-corrected chi connectivity index (χ0v) is 10.7. The smallest absolute Gasteiger partial charge is 0.123 e. The third-order valence-electron chi connectivity index (χ3n) is 3.13. The zero-order valence-electron chi connectivity index (χ0n) is 10.7. The van der Waals surface area contributed by atoms with Crippen LogP contribution in [0.4, 0.5) is 0 Å². The average Bonchev–Trinajstić information content (AvgIpc) is 2.29. The van der Waals surface area contributed by atoms with Crippen molar-refractivity contribution in [2.45, 2.75) is 25.9 Å². The second kappa shape index (κ2) is 5.32. The highest BCUT2D eigenvalue weighted by atomic mass is 16.5. The third kappa shape index (κ3) is 2.97. The molecule has 0 aliphatic carbocycles. The van der Waals surface area contributed by atoms with E-state index in [1.165, 1.54) is 5.56 Å². The number of methoxy groups -OCH3 is 1. The van der Waals surface area contributed by atoms with Crippen LogP contribution in [-0.4, -0.2) is 31.1 Å². The number of hydrogen-bond donors (Lipinski definition) is 1. The monoisotopic (exact) mass is 222 g/mol. The molecule has 2 N–H and O–H groups in total. The number of para-hydroxylation sites is 1. The van der Waals surface area contributed by atoms with E-state index in [0.29, 0.717) is 6.54 Å². The van der Waals surface area contributed by atoms with E-state index in [2.05, 4.69) is 31.9 Å². The lowest BCUT2D eigenvalue weighted by Crippen LogP contribution is -2.46. The van der Waals surface area contributed by atoms with E-state index in [1.807, 2.05) is 18.2 Å². The van der Waals surface area contributed by atoms with Gasteiger partial charge >= 0.3 is 0 Å². The van der Waals surface area contributed by atoms with Crippen molar-refractivity contribution in [3.05, 3.63) is 29.8 Å². The maximum absolute atomic E-state index is 5.76. The van der Waals surface area contributed by atoms with Crippen LogP contribution in [0.25, 0.3) is 0 Å². The van der Waals surface area contributed by atoms with E-state index in [4.69, 9.17) is 10.5 Å². The van der Waals surface area contributed by atoms with E-state index >= 15 is 0 Å². The lowest BCUT2D eigenvalue weighted by Gasteiger charge is -2.34. The van der Waals surface area contributed by atoms with Gasteiger partial charge in [0.05, 0.1) is 7.11 Å². The first kappa shape index (κ1) is 13.0. The lowest BCUT2D eigenvalue weighted by molar-refractivity contribution is 0.154. The Morgan fingerprint density at radius 2 is 1.94 bits per heavy atom. The molecule has 1 rings (SSSR count). The molecule has 0 unspecified atom stereocenters. The Morgan fingerprint density at radius 3 is 2.50 bits per heavy atom. The second-order valence-electron chi connectivity index (χ2n) is 4.68. The highest BCUT2D eigenvalue weighted by Gasteiger charge is 2.22. The molecule has 1 aromatic rings. The van der Waals surface area contributed by atoms with Gasteiger partial charge in [0.25, 0.3) is 0 Å². The Labute approximate surface area is 98.2 Å². The fourth-order valence-electron chi connectivity index (χ4n) is 1.46. The maximum Gasteiger partial charge on any atom is 0.123 e. The molecule has 0 spiro atoms. The van der Waals surface area contributed by atoms with Crippen LogP contribution in [0.15, 0.2) is 24.3 Å². The molecule has 0 heterocycles. The van der Waals surface area contributed by atoms with Gasteiger partial charge in [0.2, 0.25) is 0 Å². The van der Waals surface area contributed by atoms with Gasteiger partial charge in [-0.25, -0.2) is 0 Å². The topological polar surface area (TPSA) is 38.5 Å². The normalized spacial score (nSPS) is 11.9. The van der Waals surface area contributed by atoms with Crippen molar-refractivity contribution in [1.29, 1.82) is 0 Å². The number of nitrogens with zero attached hydrogens (tertiary/aromatic N) is 1. The highest BCUT2D eigenvalue weighted by Crippen LogP contribution is 2.21. The van der Waals surface area contributed by atoms with Crippen molar-refractivity contribution in [3.8, 4) is 5.75 Å². The molecule has 0 atom stereocenters. The average molecular weight is 222 g/mol. The summed E-state index contributed by atoms with van der Waals surface area (Å²) in [4.78, 5) is 2.24. The minimum atomic E-state index is 0.000846. The van der Waals surface area contributed by atoms with Gasteiger partial charge in [0.1, 0.15) is 5.75 Å². The summed E-state index contributed by atoms with van der Waals surface area (Å²) in [6.07, 6.45) is 0. The molecule has 0 radical (unpaired) electrons. The van der Waals surface area contributed by atoms with Gasteiger partial charge in [-0.1, -0.05) is 18.2 Å². The maximum atomic E-state index is 5.76. The fraction of sp³-hybridized carbons (Fsp3) is 0.538. The largest absolute Gasteiger partial charge is 0.496 e. The van der Waals surface area contributed by atoms with Crippen LogP contribution in [0, 0.1) is 0 Å². The summed E-state index contributed by atoms with van der Waals surface area (Å²) in [5.74, 6) is 0.933. The van der Waals surface area contributed by atoms with E-state index in [-0.39, 0.29) is 5.54 Å². The molecule has 0 amide bonds. The van der Waals surface area contributed by atoms with Gasteiger partial charge in [0, 0.05) is 24.2 Å². The molecule has 0 fully saturated rings. The molecule has 0 aliphatic heterocycles. The van der Waals surface area contributed by atoms with Crippen LogP contribution in [0.2, 0.25) is 0 Å². The van der Waals surface area contributed by atoms with Gasteiger partial charge in [-0.15, -0.1) is 0 Å². The van der Waals surface area contributed by atoms with Gasteiger partial charge in [-0.2, -0.15) is 0 Å². The minimum Gasteiger partial charge on any atom is -0.496 e. The van der Waals surface area contributed by atoms with Crippen LogP contribution in [0.1, 0.15) is 19.4 Å². The number of ether oxygens (including phenoxy) is 1. The Bertz CT molecular complexity index is 336. The van der Waals surface area contributed by atoms with Crippen molar-refractivity contribution in [1.82, 2.24) is 4.90 Å². The summed E-state index contributed by atoms with van der Waals surface area (Å²) in [5, 5.41) is 0. The van der Waals surface area contributed by atoms with Crippen molar-refractivity contribution in [3.63, 3.8) is 0 Å².